The molecule has 0 bridgehead atoms. The van der Waals surface area contributed by atoms with Gasteiger partial charge in [0.15, 0.2) is 11.3 Å². The smallest absolute Gasteiger partial charge is 0.336 e. The highest BCUT2D eigenvalue weighted by molar-refractivity contribution is 5.85. The van der Waals surface area contributed by atoms with E-state index in [-0.39, 0.29) is 17.9 Å². The van der Waals surface area contributed by atoms with Crippen molar-refractivity contribution in [3.05, 3.63) is 34.7 Å². The number of aliphatic hydroxyl groups is 2. The van der Waals surface area contributed by atoms with Crippen molar-refractivity contribution < 1.29 is 24.1 Å². The first-order valence-electron chi connectivity index (χ1n) is 6.47. The van der Waals surface area contributed by atoms with Gasteiger partial charge in [0.2, 0.25) is 5.75 Å². The van der Waals surface area contributed by atoms with Crippen LogP contribution in [-0.4, -0.2) is 35.6 Å². The lowest BCUT2D eigenvalue weighted by Crippen LogP contribution is -2.40. The normalized spacial score (nSPS) is 13.2. The first-order valence-corrected chi connectivity index (χ1v) is 6.47. The Morgan fingerprint density at radius 2 is 1.95 bits per heavy atom. The Labute approximate surface area is 121 Å². The van der Waals surface area contributed by atoms with Gasteiger partial charge in [-0.3, -0.25) is 0 Å². The van der Waals surface area contributed by atoms with Crippen LogP contribution in [0.2, 0.25) is 0 Å². The van der Waals surface area contributed by atoms with E-state index in [1.165, 1.54) is 27.0 Å². The molecule has 0 saturated carbocycles. The first-order chi connectivity index (χ1) is 9.82. The van der Waals surface area contributed by atoms with Crippen LogP contribution in [0.25, 0.3) is 11.0 Å². The van der Waals surface area contributed by atoms with Gasteiger partial charge in [0.1, 0.15) is 12.7 Å². The predicted octanol–water partition coefficient (Wildman–Crippen LogP) is 1.31. The Morgan fingerprint density at radius 3 is 2.57 bits per heavy atom. The zero-order valence-corrected chi connectivity index (χ0v) is 12.1. The van der Waals surface area contributed by atoms with Crippen molar-refractivity contribution in [2.45, 2.75) is 25.6 Å². The van der Waals surface area contributed by atoms with Crippen molar-refractivity contribution in [3.63, 3.8) is 0 Å². The van der Waals surface area contributed by atoms with Gasteiger partial charge in [-0.1, -0.05) is 0 Å². The second-order valence-corrected chi connectivity index (χ2v) is 5.25. The molecule has 2 rings (SSSR count). The van der Waals surface area contributed by atoms with Gasteiger partial charge in [0.25, 0.3) is 0 Å². The highest BCUT2D eigenvalue weighted by Gasteiger charge is 2.25. The van der Waals surface area contributed by atoms with Crippen molar-refractivity contribution in [2.75, 3.05) is 13.7 Å². The first kappa shape index (κ1) is 15.3. The lowest BCUT2D eigenvalue weighted by Gasteiger charge is -2.24. The minimum atomic E-state index is -1.28. The van der Waals surface area contributed by atoms with Crippen LogP contribution in [0.3, 0.4) is 0 Å². The van der Waals surface area contributed by atoms with Crippen LogP contribution in [0.5, 0.6) is 11.5 Å². The molecule has 0 fully saturated rings. The molecule has 1 heterocycles. The average molecular weight is 294 g/mol. The van der Waals surface area contributed by atoms with E-state index in [1.807, 2.05) is 0 Å². The minimum absolute atomic E-state index is 0.123. The van der Waals surface area contributed by atoms with Crippen LogP contribution in [0.1, 0.15) is 13.8 Å². The Balaban J connectivity index is 2.34. The average Bonchev–Trinajstić information content (AvgIpc) is 2.42. The molecule has 1 aromatic carbocycles. The van der Waals surface area contributed by atoms with Crippen LogP contribution in [-0.2, 0) is 0 Å². The summed E-state index contributed by atoms with van der Waals surface area (Å²) in [5, 5.41) is 20.2. The number of benzene rings is 1. The molecule has 0 saturated heterocycles. The van der Waals surface area contributed by atoms with Gasteiger partial charge >= 0.3 is 5.63 Å². The molecule has 0 radical (unpaired) electrons. The van der Waals surface area contributed by atoms with Crippen molar-refractivity contribution >= 4 is 11.0 Å². The molecule has 0 amide bonds. The summed E-state index contributed by atoms with van der Waals surface area (Å²) in [4.78, 5) is 11.3. The van der Waals surface area contributed by atoms with Crippen molar-refractivity contribution in [2.24, 2.45) is 0 Å². The minimum Gasteiger partial charge on any atom is -0.490 e. The van der Waals surface area contributed by atoms with Gasteiger partial charge in [-0.25, -0.2) is 4.79 Å². The van der Waals surface area contributed by atoms with E-state index in [0.717, 1.165) is 0 Å². The van der Waals surface area contributed by atoms with Crippen LogP contribution >= 0.6 is 0 Å². The van der Waals surface area contributed by atoms with Gasteiger partial charge in [-0.05, 0) is 32.0 Å². The van der Waals surface area contributed by atoms with E-state index in [4.69, 9.17) is 13.9 Å². The second-order valence-electron chi connectivity index (χ2n) is 5.25. The third-order valence-corrected chi connectivity index (χ3v) is 3.12. The maximum absolute atomic E-state index is 11.3. The Bertz CT molecular complexity index is 683. The van der Waals surface area contributed by atoms with Gasteiger partial charge in [-0.2, -0.15) is 0 Å². The highest BCUT2D eigenvalue weighted by atomic mass is 16.5. The molecule has 1 atom stereocenters. The SMILES string of the molecule is COc1c(OC[C@H](O)C(C)(C)O)ccc2ccc(=O)oc12. The lowest BCUT2D eigenvalue weighted by atomic mass is 10.0. The summed E-state index contributed by atoms with van der Waals surface area (Å²) in [5.74, 6) is 0.593. The van der Waals surface area contributed by atoms with Crippen molar-refractivity contribution in [1.82, 2.24) is 0 Å². The van der Waals surface area contributed by atoms with Crippen LogP contribution < -0.4 is 15.1 Å². The third-order valence-electron chi connectivity index (χ3n) is 3.12. The molecule has 0 spiro atoms. The van der Waals surface area contributed by atoms with Gasteiger partial charge in [0.05, 0.1) is 12.7 Å². The molecule has 1 aromatic heterocycles. The van der Waals surface area contributed by atoms with Gasteiger partial charge in [0, 0.05) is 11.5 Å². The summed E-state index contributed by atoms with van der Waals surface area (Å²) >= 11 is 0. The molecule has 114 valence electrons. The summed E-state index contributed by atoms with van der Waals surface area (Å²) < 4.78 is 15.8. The molecule has 2 aromatic rings. The maximum Gasteiger partial charge on any atom is 0.336 e. The van der Waals surface area contributed by atoms with Gasteiger partial charge in [-0.15, -0.1) is 0 Å². The van der Waals surface area contributed by atoms with Gasteiger partial charge < -0.3 is 24.1 Å². The van der Waals surface area contributed by atoms with E-state index >= 15 is 0 Å². The Morgan fingerprint density at radius 1 is 1.29 bits per heavy atom. The number of rotatable bonds is 5. The lowest BCUT2D eigenvalue weighted by molar-refractivity contribution is -0.0663. The standard InChI is InChI=1S/C15H18O6/c1-15(2,18)11(16)8-20-10-6-4-9-5-7-12(17)21-13(9)14(10)19-3/h4-7,11,16,18H,8H2,1-3H3/t11-/m0/s1. The number of fused-ring (bicyclic) bond motifs is 1. The topological polar surface area (TPSA) is 89.1 Å². The monoisotopic (exact) mass is 294 g/mol. The molecule has 0 unspecified atom stereocenters. The highest BCUT2D eigenvalue weighted by Crippen LogP contribution is 2.34. The van der Waals surface area contributed by atoms with Crippen LogP contribution in [0, 0.1) is 0 Å². The summed E-state index contributed by atoms with van der Waals surface area (Å²) in [6.07, 6.45) is -1.07. The molecule has 2 N–H and O–H groups in total. The van der Waals surface area contributed by atoms with Crippen molar-refractivity contribution in [3.8, 4) is 11.5 Å². The fourth-order valence-electron chi connectivity index (χ4n) is 1.77. The fourth-order valence-corrected chi connectivity index (χ4v) is 1.77. The van der Waals surface area contributed by atoms with E-state index in [1.54, 1.807) is 18.2 Å². The molecular weight excluding hydrogens is 276 g/mol. The molecule has 6 nitrogen and oxygen atoms in total. The fraction of sp³-hybridized carbons (Fsp3) is 0.400. The Kier molecular flexibility index (Phi) is 4.20. The quantitative estimate of drug-likeness (QED) is 0.808. The largest absolute Gasteiger partial charge is 0.490 e. The predicted molar refractivity (Wildman–Crippen MR) is 76.8 cm³/mol. The molecule has 6 heteroatoms. The van der Waals surface area contributed by atoms with E-state index in [9.17, 15) is 15.0 Å². The van der Waals surface area contributed by atoms with Crippen LogP contribution in [0.15, 0.2) is 33.5 Å². The summed E-state index contributed by atoms with van der Waals surface area (Å²) in [5.41, 5.74) is -1.49. The molecule has 21 heavy (non-hydrogen) atoms. The number of hydrogen-bond acceptors (Lipinski definition) is 6. The number of aliphatic hydroxyl groups excluding tert-OH is 1. The Hall–Kier alpha value is -2.05. The number of ether oxygens (including phenoxy) is 2. The van der Waals surface area contributed by atoms with E-state index < -0.39 is 17.3 Å². The van der Waals surface area contributed by atoms with E-state index in [2.05, 4.69) is 0 Å². The van der Waals surface area contributed by atoms with Crippen LogP contribution in [0.4, 0.5) is 0 Å². The summed E-state index contributed by atoms with van der Waals surface area (Å²) in [6, 6.07) is 6.31. The van der Waals surface area contributed by atoms with E-state index in [0.29, 0.717) is 11.1 Å². The number of hydrogen-bond donors (Lipinski definition) is 2. The summed E-state index contributed by atoms with van der Waals surface area (Å²) in [6.45, 7) is 2.85. The summed E-state index contributed by atoms with van der Waals surface area (Å²) in [7, 11) is 1.43. The second kappa shape index (κ2) is 5.75. The zero-order chi connectivity index (χ0) is 15.6. The molecule has 0 aliphatic rings. The number of methoxy groups -OCH3 is 1. The van der Waals surface area contributed by atoms with Crippen molar-refractivity contribution in [1.29, 1.82) is 0 Å². The molecule has 0 aliphatic carbocycles. The maximum atomic E-state index is 11.3. The zero-order valence-electron chi connectivity index (χ0n) is 12.1. The molecular formula is C15H18O6. The molecule has 0 aliphatic heterocycles. The third kappa shape index (κ3) is 3.34.